The van der Waals surface area contributed by atoms with E-state index in [9.17, 15) is 4.79 Å². The predicted octanol–water partition coefficient (Wildman–Crippen LogP) is 3.17. The molecule has 0 radical (unpaired) electrons. The van der Waals surface area contributed by atoms with Crippen molar-refractivity contribution in [2.45, 2.75) is 38.3 Å². The van der Waals surface area contributed by atoms with E-state index < -0.39 is 0 Å². The number of fused-ring (bicyclic) bond motifs is 1. The quantitative estimate of drug-likeness (QED) is 0.795. The number of carbonyl (C=O) groups is 1. The van der Waals surface area contributed by atoms with Gasteiger partial charge >= 0.3 is 0 Å². The van der Waals surface area contributed by atoms with Crippen molar-refractivity contribution in [3.05, 3.63) is 22.7 Å². The van der Waals surface area contributed by atoms with E-state index in [1.54, 1.807) is 4.90 Å². The second-order valence-corrected chi connectivity index (χ2v) is 6.11. The number of likely N-dealkylation sites (N-methyl/N-ethyl adjacent to an activating group) is 1. The van der Waals surface area contributed by atoms with Gasteiger partial charge in [0, 0.05) is 17.6 Å². The van der Waals surface area contributed by atoms with Gasteiger partial charge in [0.25, 0.3) is 0 Å². The fraction of sp³-hybridized carbons (Fsp3) is 0.500. The molecule has 1 fully saturated rings. The van der Waals surface area contributed by atoms with Crippen LogP contribution in [0.1, 0.15) is 26.2 Å². The number of halogens is 1. The van der Waals surface area contributed by atoms with Crippen molar-refractivity contribution < 1.29 is 4.79 Å². The van der Waals surface area contributed by atoms with Crippen LogP contribution in [0, 0.1) is 0 Å². The zero-order valence-corrected chi connectivity index (χ0v) is 12.3. The highest BCUT2D eigenvalue weighted by molar-refractivity contribution is 9.10. The molecule has 0 spiro atoms. The molecule has 0 saturated heterocycles. The molecule has 18 heavy (non-hydrogen) atoms. The number of amides is 1. The molecule has 1 heterocycles. The molecule has 96 valence electrons. The third-order valence-corrected chi connectivity index (χ3v) is 4.64. The van der Waals surface area contributed by atoms with E-state index >= 15 is 0 Å². The lowest BCUT2D eigenvalue weighted by atomic mass is 9.88. The highest BCUT2D eigenvalue weighted by atomic mass is 79.9. The second-order valence-electron chi connectivity index (χ2n) is 5.20. The Hall–Kier alpha value is -1.03. The zero-order chi connectivity index (χ0) is 12.9. The van der Waals surface area contributed by atoms with E-state index in [1.807, 2.05) is 26.1 Å². The van der Waals surface area contributed by atoms with Crippen molar-refractivity contribution in [2.24, 2.45) is 0 Å². The molecule has 1 aliphatic heterocycles. The molecule has 1 saturated carbocycles. The summed E-state index contributed by atoms with van der Waals surface area (Å²) >= 11 is 3.53. The normalized spacial score (nSPS) is 23.9. The van der Waals surface area contributed by atoms with E-state index in [0.717, 1.165) is 10.2 Å². The van der Waals surface area contributed by atoms with Gasteiger partial charge in [-0.25, -0.2) is 0 Å². The number of nitrogens with zero attached hydrogens (tertiary/aromatic N) is 2. The van der Waals surface area contributed by atoms with Gasteiger partial charge in [-0.3, -0.25) is 4.79 Å². The maximum absolute atomic E-state index is 12.3. The molecule has 2 aliphatic rings. The minimum Gasteiger partial charge on any atom is -0.355 e. The first kappa shape index (κ1) is 12.0. The first-order valence-corrected chi connectivity index (χ1v) is 7.24. The lowest BCUT2D eigenvalue weighted by Crippen LogP contribution is -2.56. The summed E-state index contributed by atoms with van der Waals surface area (Å²) in [6, 6.07) is 6.63. The van der Waals surface area contributed by atoms with E-state index in [4.69, 9.17) is 0 Å². The lowest BCUT2D eigenvalue weighted by Gasteiger charge is -2.47. The van der Waals surface area contributed by atoms with Crippen LogP contribution in [0.4, 0.5) is 11.4 Å². The molecule has 1 aromatic rings. The summed E-state index contributed by atoms with van der Waals surface area (Å²) in [6.45, 7) is 2.01. The number of hydrogen-bond donors (Lipinski definition) is 0. The Bertz CT molecular complexity index is 499. The Balaban J connectivity index is 2.11. The smallest absolute Gasteiger partial charge is 0.249 e. The van der Waals surface area contributed by atoms with Crippen molar-refractivity contribution in [1.82, 2.24) is 0 Å². The van der Waals surface area contributed by atoms with E-state index in [-0.39, 0.29) is 11.9 Å². The van der Waals surface area contributed by atoms with Crippen molar-refractivity contribution >= 4 is 33.2 Å². The first-order valence-electron chi connectivity index (χ1n) is 6.45. The average molecular weight is 309 g/mol. The molecule has 3 nitrogen and oxygen atoms in total. The predicted molar refractivity (Wildman–Crippen MR) is 77.1 cm³/mol. The Morgan fingerprint density at radius 2 is 2.00 bits per heavy atom. The van der Waals surface area contributed by atoms with Crippen molar-refractivity contribution in [3.63, 3.8) is 0 Å². The molecule has 4 heteroatoms. The fourth-order valence-corrected chi connectivity index (χ4v) is 3.24. The van der Waals surface area contributed by atoms with Crippen LogP contribution >= 0.6 is 15.9 Å². The summed E-state index contributed by atoms with van der Waals surface area (Å²) in [4.78, 5) is 16.4. The van der Waals surface area contributed by atoms with Crippen molar-refractivity contribution in [2.75, 3.05) is 16.8 Å². The van der Waals surface area contributed by atoms with Gasteiger partial charge in [-0.1, -0.05) is 15.9 Å². The van der Waals surface area contributed by atoms with E-state index in [2.05, 4.69) is 26.9 Å². The SMILES string of the molecule is C[C@@H]1C(=O)N(C)c2ccc(Br)cc2N1C1CCC1. The van der Waals surface area contributed by atoms with Gasteiger partial charge in [-0.2, -0.15) is 0 Å². The lowest BCUT2D eigenvalue weighted by molar-refractivity contribution is -0.119. The Morgan fingerprint density at radius 1 is 1.28 bits per heavy atom. The number of carbonyl (C=O) groups excluding carboxylic acids is 1. The number of hydrogen-bond acceptors (Lipinski definition) is 2. The maximum Gasteiger partial charge on any atom is 0.249 e. The van der Waals surface area contributed by atoms with Gasteiger partial charge in [-0.15, -0.1) is 0 Å². The average Bonchev–Trinajstić information content (AvgIpc) is 2.29. The monoisotopic (exact) mass is 308 g/mol. The molecule has 1 amide bonds. The molecule has 1 aliphatic carbocycles. The number of rotatable bonds is 1. The van der Waals surface area contributed by atoms with Gasteiger partial charge in [0.05, 0.1) is 11.4 Å². The van der Waals surface area contributed by atoms with Crippen LogP contribution in [-0.2, 0) is 4.79 Å². The number of benzene rings is 1. The van der Waals surface area contributed by atoms with Gasteiger partial charge in [-0.05, 0) is 44.4 Å². The third kappa shape index (κ3) is 1.66. The minimum atomic E-state index is -0.0536. The number of anilines is 2. The van der Waals surface area contributed by atoms with Crippen LogP contribution in [0.2, 0.25) is 0 Å². The highest BCUT2D eigenvalue weighted by Crippen LogP contribution is 2.41. The summed E-state index contributed by atoms with van der Waals surface area (Å²) in [5.41, 5.74) is 2.21. The molecule has 1 aromatic carbocycles. The fourth-order valence-electron chi connectivity index (χ4n) is 2.89. The Kier molecular flexibility index (Phi) is 2.85. The maximum atomic E-state index is 12.3. The summed E-state index contributed by atoms with van der Waals surface area (Å²) in [5, 5.41) is 0. The molecule has 3 rings (SSSR count). The summed E-state index contributed by atoms with van der Waals surface area (Å²) in [5.74, 6) is 0.191. The third-order valence-electron chi connectivity index (χ3n) is 4.15. The van der Waals surface area contributed by atoms with Crippen LogP contribution in [0.15, 0.2) is 22.7 Å². The summed E-state index contributed by atoms with van der Waals surface area (Å²) in [6.07, 6.45) is 3.68. The summed E-state index contributed by atoms with van der Waals surface area (Å²) in [7, 11) is 1.86. The van der Waals surface area contributed by atoms with Crippen LogP contribution in [0.5, 0.6) is 0 Å². The van der Waals surface area contributed by atoms with Gasteiger partial charge in [0.2, 0.25) is 5.91 Å². The molecule has 0 aromatic heterocycles. The topological polar surface area (TPSA) is 23.6 Å². The van der Waals surface area contributed by atoms with Gasteiger partial charge in [0.1, 0.15) is 6.04 Å². The van der Waals surface area contributed by atoms with Crippen LogP contribution in [-0.4, -0.2) is 25.0 Å². The molecular formula is C14H17BrN2O. The molecule has 0 bridgehead atoms. The Labute approximate surface area is 116 Å². The molecular weight excluding hydrogens is 292 g/mol. The van der Waals surface area contributed by atoms with Crippen molar-refractivity contribution in [3.8, 4) is 0 Å². The van der Waals surface area contributed by atoms with Crippen LogP contribution in [0.3, 0.4) is 0 Å². The molecule has 0 unspecified atom stereocenters. The van der Waals surface area contributed by atoms with Crippen LogP contribution in [0.25, 0.3) is 0 Å². The summed E-state index contributed by atoms with van der Waals surface area (Å²) < 4.78 is 1.07. The first-order chi connectivity index (χ1) is 8.59. The van der Waals surface area contributed by atoms with Gasteiger partial charge in [0.15, 0.2) is 0 Å². The van der Waals surface area contributed by atoms with E-state index in [0.29, 0.717) is 6.04 Å². The van der Waals surface area contributed by atoms with Gasteiger partial charge < -0.3 is 9.80 Å². The highest BCUT2D eigenvalue weighted by Gasteiger charge is 2.39. The van der Waals surface area contributed by atoms with Crippen molar-refractivity contribution in [1.29, 1.82) is 0 Å². The molecule has 0 N–H and O–H groups in total. The minimum absolute atomic E-state index is 0.0536. The standard InChI is InChI=1S/C14H17BrN2O/c1-9-14(18)16(2)12-7-6-10(15)8-13(12)17(9)11-4-3-5-11/h6-9,11H,3-5H2,1-2H3/t9-/m1/s1. The Morgan fingerprint density at radius 3 is 2.61 bits per heavy atom. The molecule has 1 atom stereocenters. The zero-order valence-electron chi connectivity index (χ0n) is 10.7. The van der Waals surface area contributed by atoms with Crippen LogP contribution < -0.4 is 9.80 Å². The largest absolute Gasteiger partial charge is 0.355 e. The van der Waals surface area contributed by atoms with E-state index in [1.165, 1.54) is 24.9 Å². The second kappa shape index (κ2) is 4.26.